The van der Waals surface area contributed by atoms with E-state index in [9.17, 15) is 32.3 Å². The van der Waals surface area contributed by atoms with Gasteiger partial charge in [0.05, 0.1) is 17.8 Å². The Morgan fingerprint density at radius 2 is 2.00 bits per heavy atom. The lowest BCUT2D eigenvalue weighted by Crippen LogP contribution is -2.45. The topological polar surface area (TPSA) is 110 Å². The summed E-state index contributed by atoms with van der Waals surface area (Å²) in [7, 11) is 0. The summed E-state index contributed by atoms with van der Waals surface area (Å²) >= 11 is 0. The fourth-order valence-electron chi connectivity index (χ4n) is 3.71. The third-order valence-corrected chi connectivity index (χ3v) is 5.38. The SMILES string of the molecule is [2H][C@@]1(n2c(C)nc3ccc(CNC(=O)c4cccc(C(F)(F)F)c4)cc3c2=O)CCC(=O)NC1=O. The molecule has 1 aromatic heterocycles. The normalized spacial score (nSPS) is 19.0. The molecule has 0 aliphatic carbocycles. The van der Waals surface area contributed by atoms with E-state index in [0.717, 1.165) is 22.8 Å². The molecule has 11 heteroatoms. The van der Waals surface area contributed by atoms with E-state index in [2.05, 4.69) is 15.6 Å². The predicted molar refractivity (Wildman–Crippen MR) is 115 cm³/mol. The standard InChI is InChI=1S/C23H19F3N4O4/c1-12-28-17-6-5-13(11-27-20(32)14-3-2-4-15(10-14)23(24,25)26)9-16(17)22(34)30(12)18-7-8-19(31)29-21(18)33/h2-6,9-10,18H,7-8,11H2,1H3,(H,27,32)(H,29,31,33)/t18-/m1/s1/i18D. The number of carbonyl (C=O) groups is 3. The molecule has 3 amide bonds. The zero-order chi connectivity index (χ0) is 25.5. The summed E-state index contributed by atoms with van der Waals surface area (Å²) in [5.41, 5.74) is -1.04. The minimum Gasteiger partial charge on any atom is -0.348 e. The van der Waals surface area contributed by atoms with E-state index in [-0.39, 0.29) is 36.2 Å². The van der Waals surface area contributed by atoms with E-state index in [0.29, 0.717) is 11.1 Å². The van der Waals surface area contributed by atoms with Gasteiger partial charge in [-0.15, -0.1) is 0 Å². The van der Waals surface area contributed by atoms with Crippen molar-refractivity contribution >= 4 is 28.6 Å². The van der Waals surface area contributed by atoms with Crippen molar-refractivity contribution in [1.82, 2.24) is 20.2 Å². The van der Waals surface area contributed by atoms with Crippen molar-refractivity contribution < 1.29 is 28.9 Å². The monoisotopic (exact) mass is 473 g/mol. The second kappa shape index (κ2) is 8.73. The van der Waals surface area contributed by atoms with Gasteiger partial charge in [-0.1, -0.05) is 12.1 Å². The first kappa shape index (κ1) is 21.8. The molecule has 2 aromatic carbocycles. The number of alkyl halides is 3. The predicted octanol–water partition coefficient (Wildman–Crippen LogP) is 2.63. The molecule has 0 bridgehead atoms. The van der Waals surface area contributed by atoms with Crippen LogP contribution in [0.5, 0.6) is 0 Å². The second-order valence-electron chi connectivity index (χ2n) is 7.74. The summed E-state index contributed by atoms with van der Waals surface area (Å²) in [6, 6.07) is 6.50. The molecule has 0 spiro atoms. The van der Waals surface area contributed by atoms with E-state index in [1.807, 2.05) is 0 Å². The summed E-state index contributed by atoms with van der Waals surface area (Å²) in [5.74, 6) is -2.07. The molecule has 2 heterocycles. The Morgan fingerprint density at radius 3 is 2.71 bits per heavy atom. The van der Waals surface area contributed by atoms with E-state index < -0.39 is 41.0 Å². The zero-order valence-corrected chi connectivity index (χ0v) is 17.8. The number of nitrogens with one attached hydrogen (secondary N) is 2. The van der Waals surface area contributed by atoms with Gasteiger partial charge < -0.3 is 5.32 Å². The number of amides is 3. The fraction of sp³-hybridized carbons (Fsp3) is 0.261. The van der Waals surface area contributed by atoms with Crippen molar-refractivity contribution in [1.29, 1.82) is 0 Å². The molecular formula is C23H19F3N4O4. The molecule has 34 heavy (non-hydrogen) atoms. The summed E-state index contributed by atoms with van der Waals surface area (Å²) in [4.78, 5) is 53.9. The number of piperidine rings is 1. The number of halogens is 3. The molecule has 1 fully saturated rings. The van der Waals surface area contributed by atoms with Crippen LogP contribution in [0.2, 0.25) is 0 Å². The third kappa shape index (κ3) is 4.54. The maximum Gasteiger partial charge on any atom is 0.416 e. The van der Waals surface area contributed by atoms with Gasteiger partial charge in [-0.2, -0.15) is 13.2 Å². The quantitative estimate of drug-likeness (QED) is 0.566. The van der Waals surface area contributed by atoms with Gasteiger partial charge in [0.25, 0.3) is 11.5 Å². The van der Waals surface area contributed by atoms with Crippen LogP contribution in [0.15, 0.2) is 47.3 Å². The van der Waals surface area contributed by atoms with Crippen LogP contribution in [0.25, 0.3) is 10.9 Å². The molecule has 4 rings (SSSR count). The van der Waals surface area contributed by atoms with Crippen LogP contribution in [0, 0.1) is 6.92 Å². The molecule has 0 radical (unpaired) electrons. The van der Waals surface area contributed by atoms with Crippen molar-refractivity contribution in [2.24, 2.45) is 0 Å². The van der Waals surface area contributed by atoms with Crippen LogP contribution in [0.4, 0.5) is 13.2 Å². The number of hydrogen-bond acceptors (Lipinski definition) is 5. The van der Waals surface area contributed by atoms with E-state index in [1.165, 1.54) is 25.1 Å². The van der Waals surface area contributed by atoms with Gasteiger partial charge in [-0.05, 0) is 49.2 Å². The van der Waals surface area contributed by atoms with Crippen LogP contribution >= 0.6 is 0 Å². The minimum absolute atomic E-state index is 0.0812. The number of carbonyl (C=O) groups excluding carboxylic acids is 3. The molecular weight excluding hydrogens is 453 g/mol. The molecule has 2 N–H and O–H groups in total. The van der Waals surface area contributed by atoms with E-state index in [1.54, 1.807) is 6.07 Å². The van der Waals surface area contributed by atoms with Crippen molar-refractivity contribution in [3.05, 3.63) is 75.3 Å². The molecule has 1 aliphatic heterocycles. The number of rotatable bonds is 4. The largest absolute Gasteiger partial charge is 0.416 e. The Labute approximate surface area is 192 Å². The highest BCUT2D eigenvalue weighted by Crippen LogP contribution is 2.29. The molecule has 3 aromatic rings. The van der Waals surface area contributed by atoms with E-state index in [4.69, 9.17) is 1.37 Å². The first-order valence-electron chi connectivity index (χ1n) is 10.7. The summed E-state index contributed by atoms with van der Waals surface area (Å²) < 4.78 is 48.2. The number of benzene rings is 2. The van der Waals surface area contributed by atoms with Crippen LogP contribution in [0.3, 0.4) is 0 Å². The molecule has 1 aliphatic rings. The number of aryl methyl sites for hydroxylation is 1. The van der Waals surface area contributed by atoms with Crippen LogP contribution in [-0.4, -0.2) is 27.3 Å². The summed E-state index contributed by atoms with van der Waals surface area (Å²) in [6.45, 7) is 1.38. The highest BCUT2D eigenvalue weighted by Gasteiger charge is 2.31. The Balaban J connectivity index is 1.63. The van der Waals surface area contributed by atoms with Crippen LogP contribution in [-0.2, 0) is 22.3 Å². The first-order valence-corrected chi connectivity index (χ1v) is 10.2. The van der Waals surface area contributed by atoms with Crippen molar-refractivity contribution in [3.8, 4) is 0 Å². The fourth-order valence-corrected chi connectivity index (χ4v) is 3.71. The molecule has 8 nitrogen and oxygen atoms in total. The number of nitrogens with zero attached hydrogens (tertiary/aromatic N) is 2. The average Bonchev–Trinajstić information content (AvgIpc) is 2.80. The maximum atomic E-state index is 13.3. The van der Waals surface area contributed by atoms with Gasteiger partial charge in [0.15, 0.2) is 0 Å². The number of aromatic nitrogens is 2. The lowest BCUT2D eigenvalue weighted by molar-refractivity contribution is -0.138. The van der Waals surface area contributed by atoms with Crippen molar-refractivity contribution in [2.45, 2.75) is 38.5 Å². The molecule has 0 saturated carbocycles. The maximum absolute atomic E-state index is 13.3. The lowest BCUT2D eigenvalue weighted by atomic mass is 10.0. The van der Waals surface area contributed by atoms with Gasteiger partial charge in [0, 0.05) is 18.5 Å². The molecule has 1 saturated heterocycles. The second-order valence-corrected chi connectivity index (χ2v) is 7.74. The van der Waals surface area contributed by atoms with Gasteiger partial charge in [-0.3, -0.25) is 29.1 Å². The van der Waals surface area contributed by atoms with Gasteiger partial charge in [0.2, 0.25) is 11.8 Å². The Kier molecular flexibility index (Phi) is 5.60. The first-order chi connectivity index (χ1) is 16.4. The minimum atomic E-state index is -4.59. The van der Waals surface area contributed by atoms with Gasteiger partial charge >= 0.3 is 6.18 Å². The molecule has 0 unspecified atom stereocenters. The Morgan fingerprint density at radius 1 is 1.24 bits per heavy atom. The number of fused-ring (bicyclic) bond motifs is 1. The summed E-state index contributed by atoms with van der Waals surface area (Å²) in [5, 5.41) is 4.67. The van der Waals surface area contributed by atoms with Crippen LogP contribution in [0.1, 0.15) is 47.5 Å². The highest BCUT2D eigenvalue weighted by atomic mass is 19.4. The van der Waals surface area contributed by atoms with Crippen LogP contribution < -0.4 is 16.2 Å². The summed E-state index contributed by atoms with van der Waals surface area (Å²) in [6.07, 6.45) is -4.89. The lowest BCUT2D eigenvalue weighted by Gasteiger charge is -2.24. The smallest absolute Gasteiger partial charge is 0.348 e. The molecule has 1 atom stereocenters. The van der Waals surface area contributed by atoms with Crippen molar-refractivity contribution in [3.63, 3.8) is 0 Å². The Hall–Kier alpha value is -4.02. The van der Waals surface area contributed by atoms with E-state index >= 15 is 0 Å². The number of hydrogen-bond donors (Lipinski definition) is 2. The van der Waals surface area contributed by atoms with Gasteiger partial charge in [-0.25, -0.2) is 4.98 Å². The van der Waals surface area contributed by atoms with Crippen molar-refractivity contribution in [2.75, 3.05) is 0 Å². The average molecular weight is 473 g/mol. The zero-order valence-electron chi connectivity index (χ0n) is 18.8. The number of imide groups is 1. The highest BCUT2D eigenvalue weighted by molar-refractivity contribution is 5.99. The third-order valence-electron chi connectivity index (χ3n) is 5.38. The Bertz CT molecular complexity index is 1440. The molecule has 176 valence electrons. The van der Waals surface area contributed by atoms with Gasteiger partial charge in [0.1, 0.15) is 11.8 Å².